The summed E-state index contributed by atoms with van der Waals surface area (Å²) in [6.07, 6.45) is 5.68. The number of hydrogen-bond donors (Lipinski definition) is 0. The molecule has 0 nitrogen and oxygen atoms in total. The van der Waals surface area contributed by atoms with E-state index in [1.807, 2.05) is 0 Å². The van der Waals surface area contributed by atoms with Gasteiger partial charge in [0.25, 0.3) is 0 Å². The fourth-order valence-corrected chi connectivity index (χ4v) is 2.09. The second-order valence-electron chi connectivity index (χ2n) is 5.50. The molecule has 0 bridgehead atoms. The lowest BCUT2D eigenvalue weighted by Crippen LogP contribution is -2.14. The first-order valence-corrected chi connectivity index (χ1v) is 5.70. The van der Waals surface area contributed by atoms with E-state index in [9.17, 15) is 0 Å². The Balaban J connectivity index is 2.49. The molecule has 0 aromatic heterocycles. The topological polar surface area (TPSA) is 0 Å². The van der Waals surface area contributed by atoms with Crippen LogP contribution in [-0.4, -0.2) is 0 Å². The third-order valence-electron chi connectivity index (χ3n) is 3.08. The minimum absolute atomic E-state index is 0.248. The first kappa shape index (κ1) is 10.5. The summed E-state index contributed by atoms with van der Waals surface area (Å²) in [6.45, 7) is 10.6. The average Bonchev–Trinajstić information content (AvgIpc) is 2.98. The molecular weight excluding hydrogens is 180 g/mol. The van der Waals surface area contributed by atoms with Crippen molar-refractivity contribution < 1.29 is 0 Å². The summed E-state index contributed by atoms with van der Waals surface area (Å²) in [5.74, 6) is 0.799. The summed E-state index contributed by atoms with van der Waals surface area (Å²) in [4.78, 5) is 0. The van der Waals surface area contributed by atoms with Gasteiger partial charge in [-0.05, 0) is 46.9 Å². The lowest BCUT2D eigenvalue weighted by molar-refractivity contribution is 0.582. The van der Waals surface area contributed by atoms with Gasteiger partial charge in [0.15, 0.2) is 0 Å². The van der Waals surface area contributed by atoms with Crippen LogP contribution in [0, 0.1) is 6.08 Å². The quantitative estimate of drug-likeness (QED) is 0.669. The maximum atomic E-state index is 3.72. The zero-order valence-corrected chi connectivity index (χ0v) is 9.93. The van der Waals surface area contributed by atoms with E-state index in [-0.39, 0.29) is 5.41 Å². The molecule has 15 heavy (non-hydrogen) atoms. The Kier molecular flexibility index (Phi) is 2.46. The van der Waals surface area contributed by atoms with Gasteiger partial charge in [-0.3, -0.25) is 0 Å². The zero-order chi connectivity index (χ0) is 11.1. The Morgan fingerprint density at radius 1 is 1.27 bits per heavy atom. The van der Waals surface area contributed by atoms with Gasteiger partial charge in [0.2, 0.25) is 0 Å². The van der Waals surface area contributed by atoms with Crippen molar-refractivity contribution in [2.24, 2.45) is 0 Å². The van der Waals surface area contributed by atoms with Crippen LogP contribution in [0.25, 0.3) is 0 Å². The minimum Gasteiger partial charge on any atom is -0.0906 e. The minimum atomic E-state index is 0.248. The first-order chi connectivity index (χ1) is 7.02. The van der Waals surface area contributed by atoms with E-state index >= 15 is 0 Å². The van der Waals surface area contributed by atoms with Gasteiger partial charge in [0, 0.05) is 0 Å². The molecule has 0 spiro atoms. The van der Waals surface area contributed by atoms with Crippen molar-refractivity contribution in [3.05, 3.63) is 47.5 Å². The molecular formula is C15H19. The fraction of sp³-hybridized carbons (Fsp3) is 0.467. The second-order valence-corrected chi connectivity index (χ2v) is 5.50. The van der Waals surface area contributed by atoms with Crippen molar-refractivity contribution in [2.45, 2.75) is 44.9 Å². The Bertz CT molecular complexity index is 376. The maximum absolute atomic E-state index is 3.72. The van der Waals surface area contributed by atoms with Crippen molar-refractivity contribution in [1.29, 1.82) is 0 Å². The van der Waals surface area contributed by atoms with Gasteiger partial charge >= 0.3 is 0 Å². The van der Waals surface area contributed by atoms with Crippen LogP contribution in [0.2, 0.25) is 0 Å². The standard InChI is InChI=1S/C15H19/c1-5-11-6-9-14(15(2,3)4)13(10-11)12-7-8-12/h6,9-10,12H,1,7-8H2,2-4H3. The zero-order valence-electron chi connectivity index (χ0n) is 9.93. The number of benzene rings is 1. The highest BCUT2D eigenvalue weighted by molar-refractivity contribution is 5.42. The summed E-state index contributed by atoms with van der Waals surface area (Å²) in [5.41, 5.74) is 4.39. The summed E-state index contributed by atoms with van der Waals surface area (Å²) < 4.78 is 0. The molecule has 0 aliphatic heterocycles. The Morgan fingerprint density at radius 2 is 1.93 bits per heavy atom. The third-order valence-corrected chi connectivity index (χ3v) is 3.08. The number of rotatable bonds is 2. The van der Waals surface area contributed by atoms with Gasteiger partial charge in [-0.2, -0.15) is 0 Å². The van der Waals surface area contributed by atoms with Crippen LogP contribution in [0.4, 0.5) is 0 Å². The first-order valence-electron chi connectivity index (χ1n) is 5.70. The van der Waals surface area contributed by atoms with Crippen molar-refractivity contribution in [3.8, 4) is 0 Å². The van der Waals surface area contributed by atoms with Crippen molar-refractivity contribution in [1.82, 2.24) is 0 Å². The van der Waals surface area contributed by atoms with Crippen molar-refractivity contribution in [3.63, 3.8) is 0 Å². The second kappa shape index (κ2) is 3.52. The van der Waals surface area contributed by atoms with Crippen LogP contribution >= 0.6 is 0 Å². The predicted octanol–water partition coefficient (Wildman–Crippen LogP) is 4.20. The van der Waals surface area contributed by atoms with Crippen LogP contribution < -0.4 is 0 Å². The SMILES string of the molecule is C=[C]c1ccc(C(C)(C)C)c(C2CC2)c1. The summed E-state index contributed by atoms with van der Waals surface area (Å²) >= 11 is 0. The maximum Gasteiger partial charge on any atom is -0.0129 e. The molecule has 0 amide bonds. The fourth-order valence-electron chi connectivity index (χ4n) is 2.09. The highest BCUT2D eigenvalue weighted by Gasteiger charge is 2.29. The third kappa shape index (κ3) is 2.14. The molecule has 1 fully saturated rings. The van der Waals surface area contributed by atoms with Gasteiger partial charge < -0.3 is 0 Å². The van der Waals surface area contributed by atoms with Crippen LogP contribution in [0.3, 0.4) is 0 Å². The molecule has 1 aromatic rings. The van der Waals surface area contributed by atoms with E-state index in [1.165, 1.54) is 24.0 Å². The Hall–Kier alpha value is -1.04. The van der Waals surface area contributed by atoms with Gasteiger partial charge in [-0.1, -0.05) is 45.5 Å². The highest BCUT2D eigenvalue weighted by Crippen LogP contribution is 2.44. The molecule has 2 rings (SSSR count). The van der Waals surface area contributed by atoms with Crippen LogP contribution in [0.15, 0.2) is 24.8 Å². The van der Waals surface area contributed by atoms with E-state index in [4.69, 9.17) is 0 Å². The summed E-state index contributed by atoms with van der Waals surface area (Å²) in [6, 6.07) is 6.64. The molecule has 1 aromatic carbocycles. The predicted molar refractivity (Wildman–Crippen MR) is 65.1 cm³/mol. The lowest BCUT2D eigenvalue weighted by atomic mass is 9.82. The molecule has 1 saturated carbocycles. The molecule has 1 aliphatic rings. The molecule has 0 saturated heterocycles. The molecule has 1 radical (unpaired) electrons. The largest absolute Gasteiger partial charge is 0.0906 e. The average molecular weight is 199 g/mol. The van der Waals surface area contributed by atoms with Gasteiger partial charge in [-0.25, -0.2) is 0 Å². The van der Waals surface area contributed by atoms with E-state index in [0.717, 1.165) is 11.5 Å². The van der Waals surface area contributed by atoms with E-state index < -0.39 is 0 Å². The lowest BCUT2D eigenvalue weighted by Gasteiger charge is -2.23. The molecule has 79 valence electrons. The van der Waals surface area contributed by atoms with Crippen molar-refractivity contribution in [2.75, 3.05) is 0 Å². The van der Waals surface area contributed by atoms with Crippen LogP contribution in [0.1, 0.15) is 56.2 Å². The van der Waals surface area contributed by atoms with E-state index in [2.05, 4.69) is 51.6 Å². The van der Waals surface area contributed by atoms with E-state index in [1.54, 1.807) is 0 Å². The van der Waals surface area contributed by atoms with Crippen LogP contribution in [-0.2, 0) is 5.41 Å². The van der Waals surface area contributed by atoms with Gasteiger partial charge in [0.05, 0.1) is 0 Å². The van der Waals surface area contributed by atoms with Crippen molar-refractivity contribution >= 4 is 0 Å². The monoisotopic (exact) mass is 199 g/mol. The Morgan fingerprint density at radius 3 is 2.40 bits per heavy atom. The molecule has 0 N–H and O–H groups in total. The van der Waals surface area contributed by atoms with Gasteiger partial charge in [0.1, 0.15) is 0 Å². The number of hydrogen-bond acceptors (Lipinski definition) is 0. The molecule has 0 unspecified atom stereocenters. The normalized spacial score (nSPS) is 16.5. The molecule has 0 atom stereocenters. The molecule has 1 aliphatic carbocycles. The summed E-state index contributed by atoms with van der Waals surface area (Å²) in [5, 5.41) is 0. The Labute approximate surface area is 93.0 Å². The molecule has 0 heterocycles. The summed E-state index contributed by atoms with van der Waals surface area (Å²) in [7, 11) is 0. The van der Waals surface area contributed by atoms with Gasteiger partial charge in [-0.15, -0.1) is 0 Å². The highest BCUT2D eigenvalue weighted by atomic mass is 14.3. The van der Waals surface area contributed by atoms with E-state index in [0.29, 0.717) is 0 Å². The smallest absolute Gasteiger partial charge is 0.0129 e. The molecule has 0 heteroatoms. The van der Waals surface area contributed by atoms with Crippen LogP contribution in [0.5, 0.6) is 0 Å².